The van der Waals surface area contributed by atoms with Gasteiger partial charge in [-0.25, -0.2) is 0 Å². The minimum atomic E-state index is -2.45. The van der Waals surface area contributed by atoms with Gasteiger partial charge < -0.3 is 9.11 Å². The molecule has 0 aromatic rings. The van der Waals surface area contributed by atoms with Crippen molar-refractivity contribution in [2.24, 2.45) is 0 Å². The van der Waals surface area contributed by atoms with Crippen molar-refractivity contribution >= 4 is 33.0 Å². The van der Waals surface area contributed by atoms with Crippen molar-refractivity contribution in [3.8, 4) is 0 Å². The molecule has 0 aromatic carbocycles. The van der Waals surface area contributed by atoms with Gasteiger partial charge in [0.2, 0.25) is 0 Å². The Morgan fingerprint density at radius 2 is 1.11 bits per heavy atom. The third-order valence-electron chi connectivity index (χ3n) is 2.30. The van der Waals surface area contributed by atoms with Crippen LogP contribution < -0.4 is 59.1 Å². The molecular formula is C7H15NNa2O5S3. The Kier molecular flexibility index (Phi) is 16.8. The molecular weight excluding hydrogens is 320 g/mol. The van der Waals surface area contributed by atoms with E-state index in [0.29, 0.717) is 0 Å². The van der Waals surface area contributed by atoms with E-state index in [0.717, 1.165) is 0 Å². The van der Waals surface area contributed by atoms with Gasteiger partial charge in [-0.2, -0.15) is 0 Å². The molecule has 0 saturated heterocycles. The monoisotopic (exact) mass is 335 g/mol. The molecule has 0 spiro atoms. The quantitative estimate of drug-likeness (QED) is 0.353. The molecule has 0 amide bonds. The first-order chi connectivity index (χ1) is 7.20. The SMILES string of the molecule is CC(N(C(C)S(=O)[O-])C(C)S(=O)[O-])S(C)=O.[Na+].[Na+]. The topological polar surface area (TPSA) is 101 Å². The van der Waals surface area contributed by atoms with Gasteiger partial charge in [0.25, 0.3) is 0 Å². The second-order valence-corrected chi connectivity index (χ2v) is 7.35. The van der Waals surface area contributed by atoms with Crippen molar-refractivity contribution in [3.05, 3.63) is 0 Å². The standard InChI is InChI=1S/C7H17NO5S3.2Na/c1-5(14(4)9)8(6(2)15(10)11)7(3)16(12)13;;/h5-7H,1-4H3,(H,10,11)(H,12,13);;/q;2*+1/p-2. The molecule has 0 heterocycles. The summed E-state index contributed by atoms with van der Waals surface area (Å²) < 4.78 is 54.7. The average Bonchev–Trinajstić information content (AvgIpc) is 2.16. The molecule has 0 bridgehead atoms. The van der Waals surface area contributed by atoms with Crippen LogP contribution in [-0.2, 0) is 33.0 Å². The fourth-order valence-corrected chi connectivity index (χ4v) is 3.32. The van der Waals surface area contributed by atoms with Gasteiger partial charge in [-0.3, -0.25) is 17.5 Å². The first-order valence-electron chi connectivity index (χ1n) is 4.46. The maximum Gasteiger partial charge on any atom is 1.00 e. The number of hydrogen-bond acceptors (Lipinski definition) is 6. The van der Waals surface area contributed by atoms with E-state index < -0.39 is 49.1 Å². The minimum Gasteiger partial charge on any atom is -0.771 e. The predicted octanol–water partition coefficient (Wildman–Crippen LogP) is -6.53. The van der Waals surface area contributed by atoms with Crippen LogP contribution >= 0.6 is 0 Å². The molecule has 98 valence electrons. The first-order valence-corrected chi connectivity index (χ1v) is 8.35. The van der Waals surface area contributed by atoms with E-state index in [4.69, 9.17) is 0 Å². The molecule has 0 aromatic heterocycles. The molecule has 6 unspecified atom stereocenters. The van der Waals surface area contributed by atoms with Gasteiger partial charge >= 0.3 is 59.1 Å². The summed E-state index contributed by atoms with van der Waals surface area (Å²) in [6.07, 6.45) is 1.40. The molecule has 0 rings (SSSR count). The van der Waals surface area contributed by atoms with Gasteiger partial charge in [0.1, 0.15) is 0 Å². The van der Waals surface area contributed by atoms with Gasteiger partial charge in [-0.1, -0.05) is 0 Å². The summed E-state index contributed by atoms with van der Waals surface area (Å²) in [7, 11) is -1.34. The third-order valence-corrected chi connectivity index (χ3v) is 5.10. The minimum absolute atomic E-state index is 0. The Labute approximate surface area is 160 Å². The Bertz CT molecular complexity index is 272. The van der Waals surface area contributed by atoms with E-state index in [9.17, 15) is 21.7 Å². The maximum absolute atomic E-state index is 11.3. The second-order valence-electron chi connectivity index (χ2n) is 3.26. The zero-order valence-corrected chi connectivity index (χ0v) is 17.9. The zero-order chi connectivity index (χ0) is 13.0. The van der Waals surface area contributed by atoms with E-state index >= 15 is 0 Å². The Morgan fingerprint density at radius 3 is 1.28 bits per heavy atom. The van der Waals surface area contributed by atoms with Crippen molar-refractivity contribution in [1.29, 1.82) is 0 Å². The Hall–Kier alpha value is 2.33. The van der Waals surface area contributed by atoms with E-state index in [2.05, 4.69) is 0 Å². The normalized spacial score (nSPS) is 20.8. The van der Waals surface area contributed by atoms with E-state index in [1.165, 1.54) is 31.9 Å². The molecule has 0 aliphatic carbocycles. The summed E-state index contributed by atoms with van der Waals surface area (Å²) >= 11 is -4.89. The van der Waals surface area contributed by atoms with Crippen LogP contribution in [0.3, 0.4) is 0 Å². The third kappa shape index (κ3) is 7.94. The maximum atomic E-state index is 11.3. The molecule has 18 heavy (non-hydrogen) atoms. The van der Waals surface area contributed by atoms with Crippen molar-refractivity contribution in [1.82, 2.24) is 4.90 Å². The van der Waals surface area contributed by atoms with Crippen molar-refractivity contribution in [2.45, 2.75) is 36.9 Å². The van der Waals surface area contributed by atoms with Crippen LogP contribution in [-0.4, -0.2) is 49.0 Å². The summed E-state index contributed by atoms with van der Waals surface area (Å²) in [6, 6.07) is 0. The van der Waals surface area contributed by atoms with Crippen LogP contribution in [0.4, 0.5) is 0 Å². The summed E-state index contributed by atoms with van der Waals surface area (Å²) in [5.41, 5.74) is 0. The predicted molar refractivity (Wildman–Crippen MR) is 62.1 cm³/mol. The zero-order valence-electron chi connectivity index (χ0n) is 11.4. The van der Waals surface area contributed by atoms with Crippen molar-refractivity contribution < 1.29 is 80.8 Å². The molecule has 0 saturated carbocycles. The van der Waals surface area contributed by atoms with E-state index in [-0.39, 0.29) is 59.1 Å². The number of rotatable bonds is 6. The van der Waals surface area contributed by atoms with Gasteiger partial charge in [-0.15, -0.1) is 0 Å². The van der Waals surface area contributed by atoms with Crippen LogP contribution in [0.25, 0.3) is 0 Å². The Balaban J connectivity index is -0.00000112. The largest absolute Gasteiger partial charge is 1.00 e. The first kappa shape index (κ1) is 25.3. The van der Waals surface area contributed by atoms with Gasteiger partial charge in [-0.05, 0) is 42.9 Å². The van der Waals surface area contributed by atoms with E-state index in [1.54, 1.807) is 0 Å². The van der Waals surface area contributed by atoms with Crippen molar-refractivity contribution in [2.75, 3.05) is 6.26 Å². The summed E-state index contributed by atoms with van der Waals surface area (Å²) in [6.45, 7) is 4.24. The smallest absolute Gasteiger partial charge is 0.771 e. The van der Waals surface area contributed by atoms with Gasteiger partial charge in [0.05, 0.1) is 16.1 Å². The molecule has 0 aliphatic heterocycles. The summed E-state index contributed by atoms with van der Waals surface area (Å²) in [5, 5.41) is -2.67. The molecule has 0 radical (unpaired) electrons. The molecule has 11 heteroatoms. The van der Waals surface area contributed by atoms with Gasteiger partial charge in [0, 0.05) is 17.1 Å². The fourth-order valence-electron chi connectivity index (χ4n) is 1.26. The molecule has 0 aliphatic rings. The summed E-state index contributed by atoms with van der Waals surface area (Å²) in [4.78, 5) is 1.20. The second kappa shape index (κ2) is 11.9. The molecule has 6 atom stereocenters. The van der Waals surface area contributed by atoms with Gasteiger partial charge in [0.15, 0.2) is 0 Å². The van der Waals surface area contributed by atoms with E-state index in [1.807, 2.05) is 0 Å². The Morgan fingerprint density at radius 1 is 0.833 bits per heavy atom. The van der Waals surface area contributed by atoms with Crippen LogP contribution in [0.1, 0.15) is 20.8 Å². The van der Waals surface area contributed by atoms with Crippen molar-refractivity contribution in [3.63, 3.8) is 0 Å². The molecule has 0 fully saturated rings. The fraction of sp³-hybridized carbons (Fsp3) is 1.00. The molecule has 0 N–H and O–H groups in total. The van der Waals surface area contributed by atoms with Crippen LogP contribution in [0.2, 0.25) is 0 Å². The summed E-state index contributed by atoms with van der Waals surface area (Å²) in [5.74, 6) is 0. The average molecular weight is 335 g/mol. The van der Waals surface area contributed by atoms with Crippen LogP contribution in [0.5, 0.6) is 0 Å². The molecule has 6 nitrogen and oxygen atoms in total. The number of nitrogens with zero attached hydrogens (tertiary/aromatic N) is 1. The number of hydrogen-bond donors (Lipinski definition) is 0. The van der Waals surface area contributed by atoms with Crippen LogP contribution in [0.15, 0.2) is 0 Å². The van der Waals surface area contributed by atoms with Crippen LogP contribution in [0, 0.1) is 0 Å².